The molecule has 0 saturated heterocycles. The summed E-state index contributed by atoms with van der Waals surface area (Å²) in [7, 11) is 0. The first-order valence-electron chi connectivity index (χ1n) is 5.12. The van der Waals surface area contributed by atoms with Crippen LogP contribution in [0.25, 0.3) is 0 Å². The molecular weight excluding hydrogens is 196 g/mol. The van der Waals surface area contributed by atoms with Crippen molar-refractivity contribution in [3.05, 3.63) is 10.6 Å². The van der Waals surface area contributed by atoms with E-state index in [4.69, 9.17) is 0 Å². The Labute approximate surface area is 87.7 Å². The van der Waals surface area contributed by atoms with E-state index in [-0.39, 0.29) is 11.7 Å². The highest BCUT2D eigenvalue weighted by Gasteiger charge is 2.25. The van der Waals surface area contributed by atoms with E-state index in [2.05, 4.69) is 9.59 Å². The number of rotatable bonds is 2. The molecule has 0 aromatic carbocycles. The van der Waals surface area contributed by atoms with Crippen LogP contribution in [0.5, 0.6) is 0 Å². The Morgan fingerprint density at radius 3 is 2.64 bits per heavy atom. The molecule has 0 aliphatic heterocycles. The van der Waals surface area contributed by atoms with Crippen molar-refractivity contribution >= 4 is 17.3 Å². The van der Waals surface area contributed by atoms with Crippen molar-refractivity contribution in [2.75, 3.05) is 0 Å². The Morgan fingerprint density at radius 2 is 2.07 bits per heavy atom. The molecule has 0 amide bonds. The molecule has 4 heteroatoms. The Hall–Kier alpha value is -0.770. The Bertz CT molecular complexity index is 329. The number of ketones is 1. The van der Waals surface area contributed by atoms with Crippen LogP contribution >= 0.6 is 11.5 Å². The van der Waals surface area contributed by atoms with E-state index in [0.29, 0.717) is 0 Å². The van der Waals surface area contributed by atoms with E-state index >= 15 is 0 Å². The number of carbonyl (C=O) groups excluding carboxylic acids is 1. The molecule has 0 atom stereocenters. The first-order chi connectivity index (χ1) is 6.79. The second-order valence-corrected chi connectivity index (χ2v) is 4.64. The maximum absolute atomic E-state index is 12.0. The summed E-state index contributed by atoms with van der Waals surface area (Å²) in [5, 5.41) is 3.88. The molecule has 0 unspecified atom stereocenters. The van der Waals surface area contributed by atoms with Crippen molar-refractivity contribution in [3.8, 4) is 0 Å². The van der Waals surface area contributed by atoms with E-state index in [1.807, 2.05) is 6.92 Å². The van der Waals surface area contributed by atoms with E-state index in [0.717, 1.165) is 23.4 Å². The van der Waals surface area contributed by atoms with Gasteiger partial charge in [-0.2, -0.15) is 0 Å². The van der Waals surface area contributed by atoms with Crippen molar-refractivity contribution in [3.63, 3.8) is 0 Å². The van der Waals surface area contributed by atoms with Crippen LogP contribution in [0, 0.1) is 12.8 Å². The highest BCUT2D eigenvalue weighted by atomic mass is 32.1. The lowest BCUT2D eigenvalue weighted by atomic mass is 9.85. The monoisotopic (exact) mass is 210 g/mol. The SMILES string of the molecule is Cc1nnsc1C(=O)C1CCCCC1. The molecule has 3 nitrogen and oxygen atoms in total. The summed E-state index contributed by atoms with van der Waals surface area (Å²) in [4.78, 5) is 12.8. The minimum Gasteiger partial charge on any atom is -0.293 e. The Morgan fingerprint density at radius 1 is 1.36 bits per heavy atom. The van der Waals surface area contributed by atoms with Crippen LogP contribution in [-0.2, 0) is 0 Å². The lowest BCUT2D eigenvalue weighted by molar-refractivity contribution is 0.0893. The van der Waals surface area contributed by atoms with Gasteiger partial charge >= 0.3 is 0 Å². The van der Waals surface area contributed by atoms with Crippen LogP contribution in [0.1, 0.15) is 47.5 Å². The fourth-order valence-corrected chi connectivity index (χ4v) is 2.68. The number of aromatic nitrogens is 2. The number of hydrogen-bond acceptors (Lipinski definition) is 4. The van der Waals surface area contributed by atoms with Crippen molar-refractivity contribution in [2.24, 2.45) is 5.92 Å². The van der Waals surface area contributed by atoms with Crippen LogP contribution in [-0.4, -0.2) is 15.4 Å². The molecule has 1 aromatic heterocycles. The third kappa shape index (κ3) is 1.85. The standard InChI is InChI=1S/C10H14N2OS/c1-7-10(14-12-11-7)9(13)8-5-3-2-4-6-8/h8H,2-6H2,1H3. The van der Waals surface area contributed by atoms with E-state index < -0.39 is 0 Å². The van der Waals surface area contributed by atoms with Gasteiger partial charge in [-0.1, -0.05) is 23.8 Å². The molecule has 0 N–H and O–H groups in total. The summed E-state index contributed by atoms with van der Waals surface area (Å²) in [6.45, 7) is 1.86. The fourth-order valence-electron chi connectivity index (χ4n) is 2.01. The molecule has 76 valence electrons. The number of aryl methyl sites for hydroxylation is 1. The third-order valence-electron chi connectivity index (χ3n) is 2.85. The molecule has 1 fully saturated rings. The number of nitrogens with zero attached hydrogens (tertiary/aromatic N) is 2. The Kier molecular flexibility index (Phi) is 2.91. The zero-order chi connectivity index (χ0) is 9.97. The number of hydrogen-bond donors (Lipinski definition) is 0. The predicted octanol–water partition coefficient (Wildman–Crippen LogP) is 2.61. The van der Waals surface area contributed by atoms with Gasteiger partial charge in [0.25, 0.3) is 0 Å². The smallest absolute Gasteiger partial charge is 0.179 e. The molecule has 0 radical (unpaired) electrons. The highest BCUT2D eigenvalue weighted by molar-refractivity contribution is 7.08. The van der Waals surface area contributed by atoms with Gasteiger partial charge in [0.05, 0.1) is 5.69 Å². The topological polar surface area (TPSA) is 42.9 Å². The van der Waals surface area contributed by atoms with Crippen LogP contribution in [0.3, 0.4) is 0 Å². The zero-order valence-corrected chi connectivity index (χ0v) is 9.14. The molecule has 2 rings (SSSR count). The van der Waals surface area contributed by atoms with E-state index in [9.17, 15) is 4.79 Å². The summed E-state index contributed by atoms with van der Waals surface area (Å²) in [5.41, 5.74) is 0.797. The maximum atomic E-state index is 12.0. The van der Waals surface area contributed by atoms with Gasteiger partial charge in [-0.25, -0.2) is 0 Å². The van der Waals surface area contributed by atoms with Gasteiger partial charge in [0, 0.05) is 5.92 Å². The molecule has 1 aromatic rings. The van der Waals surface area contributed by atoms with Gasteiger partial charge < -0.3 is 0 Å². The molecule has 1 heterocycles. The second kappa shape index (κ2) is 4.17. The van der Waals surface area contributed by atoms with Crippen molar-refractivity contribution in [2.45, 2.75) is 39.0 Å². The molecule has 0 bridgehead atoms. The van der Waals surface area contributed by atoms with Crippen LogP contribution < -0.4 is 0 Å². The molecule has 14 heavy (non-hydrogen) atoms. The Balaban J connectivity index is 2.11. The van der Waals surface area contributed by atoms with E-state index in [1.165, 1.54) is 30.8 Å². The largest absolute Gasteiger partial charge is 0.293 e. The number of Topliss-reactive ketones (excluding diaryl/α,β-unsaturated/α-hetero) is 1. The van der Waals surface area contributed by atoms with Gasteiger partial charge in [-0.3, -0.25) is 4.79 Å². The molecule has 0 spiro atoms. The third-order valence-corrected chi connectivity index (χ3v) is 3.69. The van der Waals surface area contributed by atoms with Crippen LogP contribution in [0.2, 0.25) is 0 Å². The maximum Gasteiger partial charge on any atom is 0.179 e. The van der Waals surface area contributed by atoms with Gasteiger partial charge in [0.1, 0.15) is 4.88 Å². The van der Waals surface area contributed by atoms with Gasteiger partial charge in [0.15, 0.2) is 5.78 Å². The minimum absolute atomic E-state index is 0.240. The van der Waals surface area contributed by atoms with Crippen molar-refractivity contribution < 1.29 is 4.79 Å². The molecule has 1 aliphatic rings. The quantitative estimate of drug-likeness (QED) is 0.705. The van der Waals surface area contributed by atoms with Crippen LogP contribution in [0.15, 0.2) is 0 Å². The zero-order valence-electron chi connectivity index (χ0n) is 8.32. The normalized spacial score (nSPS) is 18.4. The molecule has 1 saturated carbocycles. The summed E-state index contributed by atoms with van der Waals surface area (Å²) < 4.78 is 3.81. The average Bonchev–Trinajstić information content (AvgIpc) is 2.65. The van der Waals surface area contributed by atoms with Crippen molar-refractivity contribution in [1.29, 1.82) is 0 Å². The van der Waals surface area contributed by atoms with E-state index in [1.54, 1.807) is 0 Å². The van der Waals surface area contributed by atoms with Gasteiger partial charge in [-0.05, 0) is 31.3 Å². The average molecular weight is 210 g/mol. The molecular formula is C10H14N2OS. The molecule has 1 aliphatic carbocycles. The summed E-state index contributed by atoms with van der Waals surface area (Å²) >= 11 is 1.24. The predicted molar refractivity (Wildman–Crippen MR) is 55.6 cm³/mol. The number of carbonyl (C=O) groups is 1. The lowest BCUT2D eigenvalue weighted by Crippen LogP contribution is -2.17. The fraction of sp³-hybridized carbons (Fsp3) is 0.700. The minimum atomic E-state index is 0.240. The van der Waals surface area contributed by atoms with Crippen molar-refractivity contribution in [1.82, 2.24) is 9.59 Å². The van der Waals surface area contributed by atoms with Gasteiger partial charge in [0.2, 0.25) is 0 Å². The van der Waals surface area contributed by atoms with Gasteiger partial charge in [-0.15, -0.1) is 5.10 Å². The second-order valence-electron chi connectivity index (χ2n) is 3.89. The summed E-state index contributed by atoms with van der Waals surface area (Å²) in [6, 6.07) is 0. The first-order valence-corrected chi connectivity index (χ1v) is 5.89. The summed E-state index contributed by atoms with van der Waals surface area (Å²) in [6.07, 6.45) is 5.78. The van der Waals surface area contributed by atoms with Crippen LogP contribution in [0.4, 0.5) is 0 Å². The lowest BCUT2D eigenvalue weighted by Gasteiger charge is -2.19. The first kappa shape index (κ1) is 9.77. The summed E-state index contributed by atoms with van der Waals surface area (Å²) in [5.74, 6) is 0.516. The highest BCUT2D eigenvalue weighted by Crippen LogP contribution is 2.28.